The van der Waals surface area contributed by atoms with Gasteiger partial charge >= 0.3 is 6.09 Å². The summed E-state index contributed by atoms with van der Waals surface area (Å²) in [6.07, 6.45) is -0.619. The van der Waals surface area contributed by atoms with E-state index < -0.39 is 29.2 Å². The van der Waals surface area contributed by atoms with E-state index >= 15 is 0 Å². The lowest BCUT2D eigenvalue weighted by atomic mass is 9.98. The summed E-state index contributed by atoms with van der Waals surface area (Å²) in [4.78, 5) is 33.9. The molecule has 0 unspecified atom stereocenters. The van der Waals surface area contributed by atoms with Crippen LogP contribution in [0, 0.1) is 11.6 Å². The van der Waals surface area contributed by atoms with Crippen molar-refractivity contribution in [1.29, 1.82) is 0 Å². The summed E-state index contributed by atoms with van der Waals surface area (Å²) < 4.78 is 32.6. The first-order chi connectivity index (χ1) is 12.6. The number of hydrogen-bond acceptors (Lipinski definition) is 5. The van der Waals surface area contributed by atoms with Gasteiger partial charge in [-0.15, -0.1) is 0 Å². The van der Waals surface area contributed by atoms with Crippen LogP contribution in [0.4, 0.5) is 13.6 Å². The topological polar surface area (TPSA) is 72.4 Å². The van der Waals surface area contributed by atoms with Crippen LogP contribution >= 0.6 is 11.6 Å². The number of rotatable bonds is 1. The second-order valence-electron chi connectivity index (χ2n) is 6.98. The SMILES string of the molecule is CC(C)(C)OC(=O)N1CCc2c(nc(Cl)nc2-c2ccc(F)cc2F)C1=O. The molecule has 0 saturated carbocycles. The van der Waals surface area contributed by atoms with E-state index in [4.69, 9.17) is 16.3 Å². The molecule has 0 fully saturated rings. The van der Waals surface area contributed by atoms with Gasteiger partial charge in [-0.25, -0.2) is 28.4 Å². The van der Waals surface area contributed by atoms with Crippen molar-refractivity contribution in [3.05, 3.63) is 46.4 Å². The normalized spacial score (nSPS) is 14.1. The zero-order chi connectivity index (χ0) is 19.9. The smallest absolute Gasteiger partial charge is 0.417 e. The Balaban J connectivity index is 2.04. The third-order valence-electron chi connectivity index (χ3n) is 3.81. The maximum absolute atomic E-state index is 14.2. The average Bonchev–Trinajstić information content (AvgIpc) is 2.53. The van der Waals surface area contributed by atoms with Gasteiger partial charge in [-0.05, 0) is 50.9 Å². The Kier molecular flexibility index (Phi) is 4.86. The van der Waals surface area contributed by atoms with E-state index in [9.17, 15) is 18.4 Å². The molecule has 0 saturated heterocycles. The van der Waals surface area contributed by atoms with E-state index in [1.807, 2.05) is 0 Å². The van der Waals surface area contributed by atoms with Gasteiger partial charge in [0.05, 0.1) is 5.69 Å². The molecule has 2 aromatic rings. The molecule has 0 atom stereocenters. The Labute approximate surface area is 159 Å². The van der Waals surface area contributed by atoms with Crippen molar-refractivity contribution >= 4 is 23.6 Å². The Hall–Kier alpha value is -2.61. The fourth-order valence-corrected chi connectivity index (χ4v) is 2.89. The molecule has 9 heteroatoms. The number of carbonyl (C=O) groups is 2. The molecule has 0 aliphatic carbocycles. The number of aromatic nitrogens is 2. The van der Waals surface area contributed by atoms with Crippen molar-refractivity contribution in [2.75, 3.05) is 6.54 Å². The van der Waals surface area contributed by atoms with Gasteiger partial charge in [0.15, 0.2) is 0 Å². The number of ether oxygens (including phenoxy) is 1. The summed E-state index contributed by atoms with van der Waals surface area (Å²) in [6, 6.07) is 3.02. The Bertz CT molecular complexity index is 944. The minimum absolute atomic E-state index is 0.00420. The van der Waals surface area contributed by atoms with E-state index in [1.54, 1.807) is 20.8 Å². The predicted octanol–water partition coefficient (Wildman–Crippen LogP) is 4.01. The summed E-state index contributed by atoms with van der Waals surface area (Å²) >= 11 is 5.91. The molecule has 0 N–H and O–H groups in total. The van der Waals surface area contributed by atoms with Crippen LogP contribution in [0.2, 0.25) is 5.28 Å². The van der Waals surface area contributed by atoms with E-state index in [1.165, 1.54) is 6.07 Å². The van der Waals surface area contributed by atoms with Crippen LogP contribution in [0.5, 0.6) is 0 Å². The van der Waals surface area contributed by atoms with Gasteiger partial charge in [0, 0.05) is 23.7 Å². The minimum atomic E-state index is -0.839. The molecular weight excluding hydrogens is 380 g/mol. The third-order valence-corrected chi connectivity index (χ3v) is 3.98. The zero-order valence-electron chi connectivity index (χ0n) is 14.8. The number of nitrogens with zero attached hydrogens (tertiary/aromatic N) is 3. The number of fused-ring (bicyclic) bond motifs is 1. The van der Waals surface area contributed by atoms with Crippen LogP contribution in [-0.2, 0) is 11.2 Å². The molecule has 2 heterocycles. The van der Waals surface area contributed by atoms with Crippen molar-refractivity contribution in [3.63, 3.8) is 0 Å². The van der Waals surface area contributed by atoms with Crippen LogP contribution in [-0.4, -0.2) is 39.0 Å². The van der Waals surface area contributed by atoms with Crippen LogP contribution in [0.25, 0.3) is 11.3 Å². The Morgan fingerprint density at radius 2 is 1.89 bits per heavy atom. The van der Waals surface area contributed by atoms with Crippen LogP contribution < -0.4 is 0 Å². The number of carbonyl (C=O) groups excluding carboxylic acids is 2. The first-order valence-corrected chi connectivity index (χ1v) is 8.51. The summed E-state index contributed by atoms with van der Waals surface area (Å²) in [5, 5.41) is -0.285. The minimum Gasteiger partial charge on any atom is -0.443 e. The molecule has 142 valence electrons. The largest absolute Gasteiger partial charge is 0.443 e. The van der Waals surface area contributed by atoms with E-state index in [-0.39, 0.29) is 35.2 Å². The zero-order valence-corrected chi connectivity index (χ0v) is 15.6. The lowest BCUT2D eigenvalue weighted by molar-refractivity contribution is 0.0231. The van der Waals surface area contributed by atoms with Gasteiger partial charge in [0.1, 0.15) is 22.9 Å². The highest BCUT2D eigenvalue weighted by Gasteiger charge is 2.35. The quantitative estimate of drug-likeness (QED) is 0.682. The molecule has 1 aromatic carbocycles. The predicted molar refractivity (Wildman–Crippen MR) is 93.4 cm³/mol. The Morgan fingerprint density at radius 1 is 1.22 bits per heavy atom. The number of benzene rings is 1. The van der Waals surface area contributed by atoms with Gasteiger partial charge < -0.3 is 4.74 Å². The van der Waals surface area contributed by atoms with Crippen molar-refractivity contribution in [2.45, 2.75) is 32.8 Å². The number of halogens is 3. The molecule has 0 bridgehead atoms. The molecule has 0 radical (unpaired) electrons. The number of imide groups is 1. The second kappa shape index (κ2) is 6.84. The second-order valence-corrected chi connectivity index (χ2v) is 7.32. The van der Waals surface area contributed by atoms with Crippen molar-refractivity contribution in [1.82, 2.24) is 14.9 Å². The molecule has 6 nitrogen and oxygen atoms in total. The molecule has 1 aromatic heterocycles. The van der Waals surface area contributed by atoms with E-state index in [0.29, 0.717) is 5.56 Å². The highest BCUT2D eigenvalue weighted by molar-refractivity contribution is 6.28. The van der Waals surface area contributed by atoms with Crippen LogP contribution in [0.15, 0.2) is 18.2 Å². The molecule has 1 aliphatic heterocycles. The first kappa shape index (κ1) is 19.2. The first-order valence-electron chi connectivity index (χ1n) is 8.13. The van der Waals surface area contributed by atoms with Crippen LogP contribution in [0.3, 0.4) is 0 Å². The average molecular weight is 396 g/mol. The van der Waals surface area contributed by atoms with Gasteiger partial charge in [0.25, 0.3) is 5.91 Å². The standard InChI is InChI=1S/C18H16ClF2N3O3/c1-18(2,3)27-17(26)24-7-6-11-13(10-5-4-9(20)8-12(10)21)22-16(19)23-14(11)15(24)25/h4-5,8H,6-7H2,1-3H3. The van der Waals surface area contributed by atoms with Gasteiger partial charge in [0.2, 0.25) is 5.28 Å². The molecule has 1 aliphatic rings. The maximum Gasteiger partial charge on any atom is 0.417 e. The summed E-state index contributed by atoms with van der Waals surface area (Å²) in [6.45, 7) is 5.06. The molecule has 3 rings (SSSR count). The van der Waals surface area contributed by atoms with Gasteiger partial charge in [-0.3, -0.25) is 4.79 Å². The third kappa shape index (κ3) is 3.90. The monoisotopic (exact) mass is 395 g/mol. The number of hydrogen-bond donors (Lipinski definition) is 0. The Morgan fingerprint density at radius 3 is 2.52 bits per heavy atom. The fourth-order valence-electron chi connectivity index (χ4n) is 2.72. The van der Waals surface area contributed by atoms with Crippen molar-refractivity contribution < 1.29 is 23.1 Å². The maximum atomic E-state index is 14.2. The van der Waals surface area contributed by atoms with Gasteiger partial charge in [-0.1, -0.05) is 0 Å². The van der Waals surface area contributed by atoms with E-state index in [2.05, 4.69) is 9.97 Å². The molecular formula is C18H16ClF2N3O3. The highest BCUT2D eigenvalue weighted by atomic mass is 35.5. The summed E-state index contributed by atoms with van der Waals surface area (Å²) in [5.74, 6) is -2.29. The highest BCUT2D eigenvalue weighted by Crippen LogP contribution is 2.31. The lowest BCUT2D eigenvalue weighted by Gasteiger charge is -2.29. The fraction of sp³-hybridized carbons (Fsp3) is 0.333. The molecule has 2 amide bonds. The molecule has 0 spiro atoms. The number of amides is 2. The lowest BCUT2D eigenvalue weighted by Crippen LogP contribution is -2.45. The van der Waals surface area contributed by atoms with Crippen molar-refractivity contribution in [3.8, 4) is 11.3 Å². The summed E-state index contributed by atoms with van der Waals surface area (Å²) in [7, 11) is 0. The van der Waals surface area contributed by atoms with Gasteiger partial charge in [-0.2, -0.15) is 0 Å². The van der Waals surface area contributed by atoms with E-state index in [0.717, 1.165) is 17.0 Å². The van der Waals surface area contributed by atoms with Crippen LogP contribution in [0.1, 0.15) is 36.8 Å². The molecule has 27 heavy (non-hydrogen) atoms. The van der Waals surface area contributed by atoms with Crippen molar-refractivity contribution in [2.24, 2.45) is 0 Å². The summed E-state index contributed by atoms with van der Waals surface area (Å²) in [5.41, 5.74) is -0.445.